The van der Waals surface area contributed by atoms with Crippen molar-refractivity contribution < 1.29 is 8.42 Å². The third kappa shape index (κ3) is 2.80. The smallest absolute Gasteiger partial charge is 0.262 e. The molecule has 5 nitrogen and oxygen atoms in total. The molecule has 0 amide bonds. The molecule has 0 aliphatic heterocycles. The van der Waals surface area contributed by atoms with E-state index in [1.165, 1.54) is 6.07 Å². The van der Waals surface area contributed by atoms with Crippen molar-refractivity contribution in [2.75, 3.05) is 4.72 Å². The molecule has 0 unspecified atom stereocenters. The summed E-state index contributed by atoms with van der Waals surface area (Å²) in [6.07, 6.45) is 0. The highest BCUT2D eigenvalue weighted by atomic mass is 35.5. The van der Waals surface area contributed by atoms with Crippen LogP contribution in [0.15, 0.2) is 41.3 Å². The van der Waals surface area contributed by atoms with Crippen LogP contribution < -0.4 is 4.72 Å². The first-order chi connectivity index (χ1) is 10.8. The van der Waals surface area contributed by atoms with Gasteiger partial charge in [-0.3, -0.25) is 4.72 Å². The number of benzene rings is 2. The zero-order valence-electron chi connectivity index (χ0n) is 13.0. The fourth-order valence-electron chi connectivity index (χ4n) is 2.46. The van der Waals surface area contributed by atoms with E-state index in [0.717, 1.165) is 16.9 Å². The Balaban J connectivity index is 2.03. The number of nitrogens with one attached hydrogen (secondary N) is 1. The Labute approximate surface area is 140 Å². The van der Waals surface area contributed by atoms with Gasteiger partial charge in [0.15, 0.2) is 0 Å². The van der Waals surface area contributed by atoms with E-state index in [1.807, 2.05) is 18.5 Å². The molecule has 1 aromatic heterocycles. The lowest BCUT2D eigenvalue weighted by Crippen LogP contribution is -2.14. The molecule has 0 spiro atoms. The van der Waals surface area contributed by atoms with Gasteiger partial charge in [-0.2, -0.15) is 0 Å². The van der Waals surface area contributed by atoms with Gasteiger partial charge in [-0.15, -0.1) is 0 Å². The minimum absolute atomic E-state index is 0.172. The number of sulfonamides is 1. The summed E-state index contributed by atoms with van der Waals surface area (Å²) in [4.78, 5) is 4.57. The van der Waals surface area contributed by atoms with E-state index in [4.69, 9.17) is 11.6 Å². The number of rotatable bonds is 3. The molecule has 0 saturated carbocycles. The van der Waals surface area contributed by atoms with Crippen molar-refractivity contribution in [2.45, 2.75) is 18.7 Å². The Morgan fingerprint density at radius 3 is 2.65 bits per heavy atom. The van der Waals surface area contributed by atoms with Gasteiger partial charge in [-0.1, -0.05) is 17.7 Å². The maximum absolute atomic E-state index is 12.6. The summed E-state index contributed by atoms with van der Waals surface area (Å²) in [5.74, 6) is 0.866. The molecule has 0 radical (unpaired) electrons. The van der Waals surface area contributed by atoms with Crippen LogP contribution in [0.2, 0.25) is 5.02 Å². The molecule has 0 aliphatic rings. The third-order valence-corrected chi connectivity index (χ3v) is 5.80. The van der Waals surface area contributed by atoms with Crippen molar-refractivity contribution in [1.82, 2.24) is 9.55 Å². The topological polar surface area (TPSA) is 64.0 Å². The number of hydrogen-bond acceptors (Lipinski definition) is 3. The van der Waals surface area contributed by atoms with Crippen LogP contribution in [0.4, 0.5) is 5.69 Å². The molecule has 7 heteroatoms. The first-order valence-electron chi connectivity index (χ1n) is 7.00. The zero-order chi connectivity index (χ0) is 16.8. The number of anilines is 1. The van der Waals surface area contributed by atoms with E-state index in [-0.39, 0.29) is 4.90 Å². The van der Waals surface area contributed by atoms with Gasteiger partial charge < -0.3 is 4.57 Å². The normalized spacial score (nSPS) is 11.8. The second-order valence-corrected chi connectivity index (χ2v) is 7.45. The van der Waals surface area contributed by atoms with Crippen molar-refractivity contribution in [3.63, 3.8) is 0 Å². The molecule has 1 heterocycles. The molecule has 23 heavy (non-hydrogen) atoms. The minimum Gasteiger partial charge on any atom is -0.331 e. The lowest BCUT2D eigenvalue weighted by molar-refractivity contribution is 0.600. The number of imidazole rings is 1. The summed E-state index contributed by atoms with van der Waals surface area (Å²) in [7, 11) is -1.81. The Morgan fingerprint density at radius 2 is 1.91 bits per heavy atom. The van der Waals surface area contributed by atoms with E-state index in [0.29, 0.717) is 16.3 Å². The number of halogens is 1. The van der Waals surface area contributed by atoms with Crippen molar-refractivity contribution >= 4 is 38.3 Å². The van der Waals surface area contributed by atoms with Gasteiger partial charge in [0.1, 0.15) is 5.82 Å². The molecule has 3 rings (SSSR count). The largest absolute Gasteiger partial charge is 0.331 e. The number of fused-ring (bicyclic) bond motifs is 1. The quantitative estimate of drug-likeness (QED) is 0.785. The predicted octanol–water partition coefficient (Wildman–Crippen LogP) is 3.64. The highest BCUT2D eigenvalue weighted by molar-refractivity contribution is 7.92. The van der Waals surface area contributed by atoms with E-state index < -0.39 is 10.0 Å². The SMILES string of the molecule is Cc1c(Cl)cccc1S(=O)(=O)Nc1ccc2nc(C)n(C)c2c1. The van der Waals surface area contributed by atoms with E-state index in [9.17, 15) is 8.42 Å². The van der Waals surface area contributed by atoms with Crippen LogP contribution in [0, 0.1) is 13.8 Å². The second-order valence-electron chi connectivity index (χ2n) is 5.39. The monoisotopic (exact) mass is 349 g/mol. The van der Waals surface area contributed by atoms with Gasteiger partial charge >= 0.3 is 0 Å². The van der Waals surface area contributed by atoms with Crippen molar-refractivity contribution in [3.8, 4) is 0 Å². The first-order valence-corrected chi connectivity index (χ1v) is 8.87. The highest BCUT2D eigenvalue weighted by Crippen LogP contribution is 2.26. The number of hydrogen-bond donors (Lipinski definition) is 1. The van der Waals surface area contributed by atoms with Gasteiger partial charge in [0.05, 0.1) is 21.6 Å². The molecule has 3 aromatic rings. The molecule has 0 saturated heterocycles. The van der Waals surface area contributed by atoms with E-state index in [2.05, 4.69) is 9.71 Å². The van der Waals surface area contributed by atoms with Crippen molar-refractivity contribution in [1.29, 1.82) is 0 Å². The van der Waals surface area contributed by atoms with Crippen molar-refractivity contribution in [3.05, 3.63) is 52.8 Å². The maximum atomic E-state index is 12.6. The number of aryl methyl sites for hydroxylation is 2. The molecule has 1 N–H and O–H groups in total. The zero-order valence-corrected chi connectivity index (χ0v) is 14.5. The standard InChI is InChI=1S/C16H16ClN3O2S/c1-10-13(17)5-4-6-16(10)23(21,22)19-12-7-8-14-15(9-12)20(3)11(2)18-14/h4-9,19H,1-3H3. The fourth-order valence-corrected chi connectivity index (χ4v) is 4.01. The van der Waals surface area contributed by atoms with E-state index >= 15 is 0 Å². The van der Waals surface area contributed by atoms with Crippen molar-refractivity contribution in [2.24, 2.45) is 7.05 Å². The molecule has 0 aliphatic carbocycles. The molecule has 0 bridgehead atoms. The van der Waals surface area contributed by atoms with Gasteiger partial charge in [0.2, 0.25) is 0 Å². The van der Waals surface area contributed by atoms with Gasteiger partial charge in [0, 0.05) is 12.1 Å². The minimum atomic E-state index is -3.71. The van der Waals surface area contributed by atoms with E-state index in [1.54, 1.807) is 37.3 Å². The third-order valence-electron chi connectivity index (χ3n) is 3.86. The van der Waals surface area contributed by atoms with Gasteiger partial charge in [0.25, 0.3) is 10.0 Å². The predicted molar refractivity (Wildman–Crippen MR) is 92.4 cm³/mol. The Bertz CT molecular complexity index is 1010. The Hall–Kier alpha value is -2.05. The summed E-state index contributed by atoms with van der Waals surface area (Å²) in [5, 5.41) is 0.422. The summed E-state index contributed by atoms with van der Waals surface area (Å²) in [5.41, 5.74) is 2.70. The Kier molecular flexibility index (Phi) is 3.82. The maximum Gasteiger partial charge on any atom is 0.262 e. The second kappa shape index (κ2) is 5.54. The summed E-state index contributed by atoms with van der Waals surface area (Å²) < 4.78 is 29.7. The molecule has 2 aromatic carbocycles. The summed E-state index contributed by atoms with van der Waals surface area (Å²) in [6, 6.07) is 10.1. The molecule has 0 fully saturated rings. The van der Waals surface area contributed by atoms with Gasteiger partial charge in [-0.05, 0) is 49.7 Å². The molecular weight excluding hydrogens is 334 g/mol. The molecule has 120 valence electrons. The van der Waals surface area contributed by atoms with Crippen LogP contribution in [-0.2, 0) is 17.1 Å². The summed E-state index contributed by atoms with van der Waals surface area (Å²) in [6.45, 7) is 3.59. The number of aromatic nitrogens is 2. The highest BCUT2D eigenvalue weighted by Gasteiger charge is 2.18. The summed E-state index contributed by atoms with van der Waals surface area (Å²) >= 11 is 6.02. The lowest BCUT2D eigenvalue weighted by Gasteiger charge is -2.11. The molecule has 0 atom stereocenters. The Morgan fingerprint density at radius 1 is 1.17 bits per heavy atom. The van der Waals surface area contributed by atoms with Crippen LogP contribution in [-0.4, -0.2) is 18.0 Å². The fraction of sp³-hybridized carbons (Fsp3) is 0.188. The average molecular weight is 350 g/mol. The van der Waals surface area contributed by atoms with Crippen LogP contribution in [0.5, 0.6) is 0 Å². The number of nitrogens with zero attached hydrogens (tertiary/aromatic N) is 2. The van der Waals surface area contributed by atoms with Gasteiger partial charge in [-0.25, -0.2) is 13.4 Å². The first kappa shape index (κ1) is 15.8. The molecular formula is C16H16ClN3O2S. The average Bonchev–Trinajstić information content (AvgIpc) is 2.77. The van der Waals surface area contributed by atoms with Crippen LogP contribution in [0.25, 0.3) is 11.0 Å². The van der Waals surface area contributed by atoms with Crippen LogP contribution >= 0.6 is 11.6 Å². The lowest BCUT2D eigenvalue weighted by atomic mass is 10.2. The van der Waals surface area contributed by atoms with Crippen LogP contribution in [0.1, 0.15) is 11.4 Å². The van der Waals surface area contributed by atoms with Crippen LogP contribution in [0.3, 0.4) is 0 Å².